The molecule has 1 aliphatic carbocycles. The molecule has 0 aliphatic heterocycles. The second kappa shape index (κ2) is 8.70. The summed E-state index contributed by atoms with van der Waals surface area (Å²) in [7, 11) is 0. The molecule has 0 unspecified atom stereocenters. The third-order valence-corrected chi connectivity index (χ3v) is 5.96. The fourth-order valence-electron chi connectivity index (χ4n) is 3.72. The van der Waals surface area contributed by atoms with Crippen molar-refractivity contribution in [3.63, 3.8) is 0 Å². The molecule has 1 N–H and O–H groups in total. The summed E-state index contributed by atoms with van der Waals surface area (Å²) < 4.78 is 0. The molecule has 0 saturated heterocycles. The molecule has 0 radical (unpaired) electrons. The van der Waals surface area contributed by atoms with Crippen molar-refractivity contribution in [3.8, 4) is 0 Å². The van der Waals surface area contributed by atoms with Crippen molar-refractivity contribution in [1.29, 1.82) is 0 Å². The molecule has 0 atom stereocenters. The van der Waals surface area contributed by atoms with E-state index in [1.807, 2.05) is 18.2 Å². The molecule has 0 bridgehead atoms. The zero-order chi connectivity index (χ0) is 17.6. The van der Waals surface area contributed by atoms with E-state index >= 15 is 0 Å². The smallest absolute Gasteiger partial charge is 0.255 e. The van der Waals surface area contributed by atoms with Crippen LogP contribution in [-0.2, 0) is 12.2 Å². The fraction of sp³-hybridized carbons (Fsp3) is 0.524. The molecule has 4 heteroatoms. The maximum Gasteiger partial charge on any atom is 0.255 e. The Balaban J connectivity index is 1.80. The maximum atomic E-state index is 12.6. The Morgan fingerprint density at radius 1 is 1.16 bits per heavy atom. The molecule has 3 nitrogen and oxygen atoms in total. The first-order valence-electron chi connectivity index (χ1n) is 9.43. The van der Waals surface area contributed by atoms with Crippen LogP contribution in [0.15, 0.2) is 40.3 Å². The third kappa shape index (κ3) is 4.97. The average Bonchev–Trinajstić information content (AvgIpc) is 2.61. The van der Waals surface area contributed by atoms with Gasteiger partial charge in [-0.15, -0.1) is 0 Å². The molecule has 1 fully saturated rings. The highest BCUT2D eigenvalue weighted by Gasteiger charge is 2.20. The van der Waals surface area contributed by atoms with E-state index in [2.05, 4.69) is 31.0 Å². The highest BCUT2D eigenvalue weighted by atomic mass is 32.2. The first kappa shape index (κ1) is 18.2. The number of hydrogen-bond donors (Lipinski definition) is 1. The van der Waals surface area contributed by atoms with Crippen LogP contribution < -0.4 is 5.56 Å². The summed E-state index contributed by atoms with van der Waals surface area (Å²) in [6.45, 7) is 4.18. The molecule has 0 amide bonds. The van der Waals surface area contributed by atoms with Crippen LogP contribution in [0.4, 0.5) is 0 Å². The number of aromatic amines is 1. The van der Waals surface area contributed by atoms with Crippen molar-refractivity contribution in [3.05, 3.63) is 57.5 Å². The van der Waals surface area contributed by atoms with Gasteiger partial charge in [0.1, 0.15) is 0 Å². The molecule has 134 valence electrons. The molecule has 1 heterocycles. The quantitative estimate of drug-likeness (QED) is 0.563. The summed E-state index contributed by atoms with van der Waals surface area (Å²) >= 11 is 1.62. The normalized spacial score (nSPS) is 15.6. The van der Waals surface area contributed by atoms with Crippen molar-refractivity contribution in [2.75, 3.05) is 0 Å². The summed E-state index contributed by atoms with van der Waals surface area (Å²) in [5, 5.41) is 0.754. The number of aromatic nitrogens is 2. The molecular weight excluding hydrogens is 328 g/mol. The second-order valence-electron chi connectivity index (χ2n) is 7.37. The highest BCUT2D eigenvalue weighted by Crippen LogP contribution is 2.29. The van der Waals surface area contributed by atoms with E-state index in [4.69, 9.17) is 4.98 Å². The lowest BCUT2D eigenvalue weighted by Gasteiger charge is -2.22. The van der Waals surface area contributed by atoms with Crippen molar-refractivity contribution in [2.24, 2.45) is 5.92 Å². The first-order chi connectivity index (χ1) is 12.1. The molecule has 2 aromatic rings. The third-order valence-electron chi connectivity index (χ3n) is 5.01. The van der Waals surface area contributed by atoms with Gasteiger partial charge in [-0.1, -0.05) is 88.0 Å². The second-order valence-corrected chi connectivity index (χ2v) is 8.33. The first-order valence-corrected chi connectivity index (χ1v) is 10.4. The van der Waals surface area contributed by atoms with Crippen LogP contribution in [-0.4, -0.2) is 9.97 Å². The van der Waals surface area contributed by atoms with Gasteiger partial charge in [0.05, 0.1) is 5.69 Å². The molecule has 1 aromatic heterocycles. The van der Waals surface area contributed by atoms with Gasteiger partial charge >= 0.3 is 0 Å². The van der Waals surface area contributed by atoms with Gasteiger partial charge in [-0.25, -0.2) is 4.98 Å². The SMILES string of the molecule is CC(C)c1c(CC2CCCCC2)nc(SCc2ccccc2)[nH]c1=O. The Hall–Kier alpha value is -1.55. The predicted octanol–water partition coefficient (Wildman–Crippen LogP) is 5.31. The summed E-state index contributed by atoms with van der Waals surface area (Å²) in [4.78, 5) is 20.5. The van der Waals surface area contributed by atoms with Gasteiger partial charge in [0, 0.05) is 11.3 Å². The molecule has 1 saturated carbocycles. The van der Waals surface area contributed by atoms with Crippen molar-refractivity contribution >= 4 is 11.8 Å². The lowest BCUT2D eigenvalue weighted by atomic mass is 9.84. The van der Waals surface area contributed by atoms with Crippen LogP contribution in [0.25, 0.3) is 0 Å². The number of H-pyrrole nitrogens is 1. The number of nitrogens with one attached hydrogen (secondary N) is 1. The summed E-state index contributed by atoms with van der Waals surface area (Å²) in [6, 6.07) is 10.3. The average molecular weight is 357 g/mol. The molecule has 3 rings (SSSR count). The van der Waals surface area contributed by atoms with E-state index in [1.165, 1.54) is 37.7 Å². The Morgan fingerprint density at radius 2 is 1.88 bits per heavy atom. The number of rotatable bonds is 6. The largest absolute Gasteiger partial charge is 0.301 e. The minimum absolute atomic E-state index is 0.0476. The van der Waals surface area contributed by atoms with Crippen LogP contribution in [0.3, 0.4) is 0 Å². The van der Waals surface area contributed by atoms with Crippen LogP contribution in [0, 0.1) is 5.92 Å². The van der Waals surface area contributed by atoms with Crippen LogP contribution in [0.5, 0.6) is 0 Å². The van der Waals surface area contributed by atoms with Gasteiger partial charge in [-0.05, 0) is 23.8 Å². The lowest BCUT2D eigenvalue weighted by Crippen LogP contribution is -2.22. The molecule has 1 aromatic carbocycles. The van der Waals surface area contributed by atoms with E-state index < -0.39 is 0 Å². The summed E-state index contributed by atoms with van der Waals surface area (Å²) in [6.07, 6.45) is 7.50. The summed E-state index contributed by atoms with van der Waals surface area (Å²) in [5.41, 5.74) is 3.21. The number of thioether (sulfide) groups is 1. The van der Waals surface area contributed by atoms with Crippen molar-refractivity contribution in [2.45, 2.75) is 69.2 Å². The Labute approximate surface area is 154 Å². The van der Waals surface area contributed by atoms with Gasteiger partial charge in [0.25, 0.3) is 5.56 Å². The Bertz CT molecular complexity index is 733. The molecular formula is C21H28N2OS. The number of hydrogen-bond acceptors (Lipinski definition) is 3. The Kier molecular flexibility index (Phi) is 6.35. The number of benzene rings is 1. The van der Waals surface area contributed by atoms with Gasteiger partial charge in [-0.2, -0.15) is 0 Å². The van der Waals surface area contributed by atoms with Crippen LogP contribution in [0.2, 0.25) is 0 Å². The lowest BCUT2D eigenvalue weighted by molar-refractivity contribution is 0.352. The van der Waals surface area contributed by atoms with E-state index in [1.54, 1.807) is 11.8 Å². The minimum atomic E-state index is 0.0476. The van der Waals surface area contributed by atoms with E-state index in [0.29, 0.717) is 5.92 Å². The van der Waals surface area contributed by atoms with Crippen molar-refractivity contribution in [1.82, 2.24) is 9.97 Å². The highest BCUT2D eigenvalue weighted by molar-refractivity contribution is 7.98. The standard InChI is InChI=1S/C21H28N2OS/c1-15(2)19-18(13-16-9-5-3-6-10-16)22-21(23-20(19)24)25-14-17-11-7-4-8-12-17/h4,7-8,11-12,15-16H,3,5-6,9-10,13-14H2,1-2H3,(H,22,23,24). The van der Waals surface area contributed by atoms with Gasteiger partial charge in [-0.3, -0.25) is 4.79 Å². The molecule has 1 aliphatic rings. The van der Waals surface area contributed by atoms with Gasteiger partial charge in [0.2, 0.25) is 0 Å². The predicted molar refractivity (Wildman–Crippen MR) is 105 cm³/mol. The summed E-state index contributed by atoms with van der Waals surface area (Å²) in [5.74, 6) is 1.73. The molecule has 0 spiro atoms. The Morgan fingerprint density at radius 3 is 2.56 bits per heavy atom. The zero-order valence-electron chi connectivity index (χ0n) is 15.3. The minimum Gasteiger partial charge on any atom is -0.301 e. The van der Waals surface area contributed by atoms with Gasteiger partial charge in [0.15, 0.2) is 5.16 Å². The fourth-order valence-corrected chi connectivity index (χ4v) is 4.55. The van der Waals surface area contributed by atoms with E-state index in [0.717, 1.165) is 28.6 Å². The van der Waals surface area contributed by atoms with E-state index in [-0.39, 0.29) is 11.5 Å². The van der Waals surface area contributed by atoms with E-state index in [9.17, 15) is 4.79 Å². The van der Waals surface area contributed by atoms with Crippen LogP contribution >= 0.6 is 11.8 Å². The maximum absolute atomic E-state index is 12.6. The topological polar surface area (TPSA) is 45.8 Å². The van der Waals surface area contributed by atoms with Crippen molar-refractivity contribution < 1.29 is 0 Å². The van der Waals surface area contributed by atoms with Gasteiger partial charge < -0.3 is 4.98 Å². The van der Waals surface area contributed by atoms with Crippen LogP contribution in [0.1, 0.15) is 68.7 Å². The monoisotopic (exact) mass is 356 g/mol. The molecule has 25 heavy (non-hydrogen) atoms. The number of nitrogens with zero attached hydrogens (tertiary/aromatic N) is 1. The zero-order valence-corrected chi connectivity index (χ0v) is 16.1.